The Morgan fingerprint density at radius 3 is 2.15 bits per heavy atom. The van der Waals surface area contributed by atoms with Gasteiger partial charge in [-0.25, -0.2) is 13.2 Å². The molecule has 220 valence electrons. The summed E-state index contributed by atoms with van der Waals surface area (Å²) in [6.07, 6.45) is -9.02. The number of hydrogen-bond acceptors (Lipinski definition) is 6. The Kier molecular flexibility index (Phi) is 8.58. The summed E-state index contributed by atoms with van der Waals surface area (Å²) in [4.78, 5) is 62.5. The lowest BCUT2D eigenvalue weighted by atomic mass is 9.47. The van der Waals surface area contributed by atoms with Crippen molar-refractivity contribution in [1.82, 2.24) is 21.3 Å². The van der Waals surface area contributed by atoms with Gasteiger partial charge in [-0.15, -0.1) is 13.2 Å². The third-order valence-electron chi connectivity index (χ3n) is 7.26. The Bertz CT molecular complexity index is 1000. The molecule has 4 fully saturated rings. The van der Waals surface area contributed by atoms with Crippen molar-refractivity contribution in [3.8, 4) is 0 Å². The van der Waals surface area contributed by atoms with E-state index in [0.29, 0.717) is 0 Å². The molecule has 2 bridgehead atoms. The highest BCUT2D eigenvalue weighted by molar-refractivity contribution is 6.35. The van der Waals surface area contributed by atoms with Crippen LogP contribution in [0.5, 0.6) is 0 Å². The number of nitrogens with one attached hydrogen (secondary N) is 4. The van der Waals surface area contributed by atoms with Crippen LogP contribution in [0, 0.1) is 11.3 Å². The molecule has 0 aromatic heterocycles. The van der Waals surface area contributed by atoms with Crippen molar-refractivity contribution in [2.45, 2.75) is 88.5 Å². The first-order valence-electron chi connectivity index (χ1n) is 12.3. The van der Waals surface area contributed by atoms with E-state index in [0.717, 1.165) is 13.8 Å². The van der Waals surface area contributed by atoms with Gasteiger partial charge in [-0.3, -0.25) is 28.7 Å². The Hall–Kier alpha value is -2.91. The molecule has 4 rings (SSSR count). The summed E-state index contributed by atoms with van der Waals surface area (Å²) in [6, 6.07) is -3.51. The zero-order valence-corrected chi connectivity index (χ0v) is 21.2. The van der Waals surface area contributed by atoms with E-state index in [1.807, 2.05) is 5.32 Å². The topological polar surface area (TPSA) is 143 Å². The number of hydrogen-bond donors (Lipinski definition) is 4. The fourth-order valence-electron chi connectivity index (χ4n) is 5.09. The molecule has 4 amide bonds. The van der Waals surface area contributed by atoms with Crippen LogP contribution in [0.3, 0.4) is 0 Å². The zero-order chi connectivity index (χ0) is 29.4. The van der Waals surface area contributed by atoms with Gasteiger partial charge < -0.3 is 21.3 Å². The Morgan fingerprint density at radius 2 is 1.67 bits per heavy atom. The average molecular weight is 573 g/mol. The van der Waals surface area contributed by atoms with Gasteiger partial charge in [0.2, 0.25) is 18.2 Å². The van der Waals surface area contributed by atoms with Gasteiger partial charge in [0.25, 0.3) is 0 Å². The predicted molar refractivity (Wildman–Crippen MR) is 120 cm³/mol. The summed E-state index contributed by atoms with van der Waals surface area (Å²) < 4.78 is 81.9. The van der Waals surface area contributed by atoms with E-state index >= 15 is 0 Å². The third kappa shape index (κ3) is 7.60. The minimum Gasteiger partial charge on any atom is -0.356 e. The van der Waals surface area contributed by atoms with Crippen LogP contribution in [0.25, 0.3) is 0 Å². The summed E-state index contributed by atoms with van der Waals surface area (Å²) in [6.45, 7) is 0.895. The molecule has 10 nitrogen and oxygen atoms in total. The number of Topliss-reactive ketones (excluding diaryl/α,β-unsaturated/α-hetero) is 1. The van der Waals surface area contributed by atoms with Crippen molar-refractivity contribution in [3.63, 3.8) is 0 Å². The molecule has 1 heterocycles. The number of carbonyl (C=O) groups is 5. The Morgan fingerprint density at radius 1 is 1.05 bits per heavy atom. The molecule has 16 heteroatoms. The molecule has 3 saturated carbocycles. The van der Waals surface area contributed by atoms with Gasteiger partial charge in [0.05, 0.1) is 6.04 Å². The van der Waals surface area contributed by atoms with Crippen LogP contribution in [-0.2, 0) is 28.7 Å². The molecular weight excluding hydrogens is 542 g/mol. The number of amides is 4. The van der Waals surface area contributed by atoms with E-state index in [-0.39, 0.29) is 32.2 Å². The monoisotopic (exact) mass is 572 g/mol. The van der Waals surface area contributed by atoms with E-state index in [1.54, 1.807) is 0 Å². The second-order valence-corrected chi connectivity index (χ2v) is 11.2. The fraction of sp³-hybridized carbons (Fsp3) is 0.783. The second kappa shape index (κ2) is 10.9. The number of ether oxygens (including phenoxy) is 1. The van der Waals surface area contributed by atoms with Crippen LogP contribution < -0.4 is 21.3 Å². The van der Waals surface area contributed by atoms with E-state index < -0.39 is 96.3 Å². The summed E-state index contributed by atoms with van der Waals surface area (Å²) in [7, 11) is 0. The van der Waals surface area contributed by atoms with E-state index in [4.69, 9.17) is 0 Å². The summed E-state index contributed by atoms with van der Waals surface area (Å²) in [5, 5.41) is 9.01. The average Bonchev–Trinajstić information content (AvgIpc) is 3.17. The normalized spacial score (nSPS) is 27.5. The molecule has 2 unspecified atom stereocenters. The molecule has 0 radical (unpaired) electrons. The first-order chi connectivity index (χ1) is 17.8. The molecule has 4 N–H and O–H groups in total. The molecule has 1 aliphatic heterocycles. The summed E-state index contributed by atoms with van der Waals surface area (Å²) in [5.41, 5.74) is -4.16. The van der Waals surface area contributed by atoms with Gasteiger partial charge >= 0.3 is 18.2 Å². The first-order valence-corrected chi connectivity index (χ1v) is 12.3. The van der Waals surface area contributed by atoms with E-state index in [1.165, 1.54) is 0 Å². The van der Waals surface area contributed by atoms with Crippen molar-refractivity contribution in [1.29, 1.82) is 0 Å². The number of carbonyl (C=O) groups excluding carboxylic acids is 5. The largest absolute Gasteiger partial charge is 0.522 e. The molecule has 3 atom stereocenters. The van der Waals surface area contributed by atoms with Gasteiger partial charge in [-0.05, 0) is 19.3 Å². The van der Waals surface area contributed by atoms with Gasteiger partial charge in [-0.2, -0.15) is 0 Å². The standard InChI is InChI=1S/C23H30F6N4O6/c1-20(2,19(24)25)6-13(32-17(37)18(38)33-22-8-21(26,9-22)10-22)16(36)31-12(5-11-3-4-30-15(11)35)14(34)7-39-23(27,28)29/h11-13,19H,3-10H2,1-2H3,(H,30,35)(H,31,36)(H,32,37)(H,33,38)/t11-,12?,13?,21?,22?/m0/s1. The Balaban J connectivity index is 1.73. The molecule has 4 aliphatic rings. The first kappa shape index (κ1) is 30.6. The highest BCUT2D eigenvalue weighted by atomic mass is 19.4. The molecule has 0 spiro atoms. The third-order valence-corrected chi connectivity index (χ3v) is 7.26. The summed E-state index contributed by atoms with van der Waals surface area (Å²) in [5.74, 6) is -6.42. The molecule has 0 aromatic rings. The minimum absolute atomic E-state index is 0.0138. The van der Waals surface area contributed by atoms with Gasteiger partial charge in [0, 0.05) is 42.7 Å². The quantitative estimate of drug-likeness (QED) is 0.203. The molecular formula is C23H30F6N4O6. The lowest BCUT2D eigenvalue weighted by Crippen LogP contribution is -2.77. The molecule has 3 aliphatic carbocycles. The number of alkyl halides is 6. The number of halogens is 6. The van der Waals surface area contributed by atoms with Gasteiger partial charge in [0.15, 0.2) is 5.78 Å². The predicted octanol–water partition coefficient (Wildman–Crippen LogP) is 1.03. The fourth-order valence-corrected chi connectivity index (χ4v) is 5.09. The molecule has 39 heavy (non-hydrogen) atoms. The molecule has 0 aromatic carbocycles. The van der Waals surface area contributed by atoms with Gasteiger partial charge in [0.1, 0.15) is 18.3 Å². The highest BCUT2D eigenvalue weighted by Gasteiger charge is 2.70. The van der Waals surface area contributed by atoms with Crippen molar-refractivity contribution in [3.05, 3.63) is 0 Å². The SMILES string of the molecule is CC(C)(CC(NC(=O)C(=O)NC12CC(F)(C1)C2)C(=O)NC(C[C@@H]1CCNC1=O)C(=O)COC(F)(F)F)C(F)F. The second-order valence-electron chi connectivity index (χ2n) is 11.2. The van der Waals surface area contributed by atoms with Crippen molar-refractivity contribution >= 4 is 29.4 Å². The van der Waals surface area contributed by atoms with Crippen molar-refractivity contribution in [2.24, 2.45) is 11.3 Å². The lowest BCUT2D eigenvalue weighted by molar-refractivity contribution is -0.321. The molecule has 1 saturated heterocycles. The number of rotatable bonds is 12. The Labute approximate surface area is 219 Å². The van der Waals surface area contributed by atoms with E-state index in [2.05, 4.69) is 20.7 Å². The highest BCUT2D eigenvalue weighted by Crippen LogP contribution is 2.62. The summed E-state index contributed by atoms with van der Waals surface area (Å²) >= 11 is 0. The van der Waals surface area contributed by atoms with E-state index in [9.17, 15) is 50.3 Å². The van der Waals surface area contributed by atoms with Crippen molar-refractivity contribution in [2.75, 3.05) is 13.2 Å². The smallest absolute Gasteiger partial charge is 0.356 e. The zero-order valence-electron chi connectivity index (χ0n) is 21.2. The van der Waals surface area contributed by atoms with Gasteiger partial charge in [-0.1, -0.05) is 13.8 Å². The van der Waals surface area contributed by atoms with Crippen LogP contribution in [0.4, 0.5) is 26.3 Å². The maximum atomic E-state index is 13.7. The van der Waals surface area contributed by atoms with Crippen LogP contribution in [-0.4, -0.2) is 78.6 Å². The van der Waals surface area contributed by atoms with Crippen LogP contribution in [0.1, 0.15) is 52.4 Å². The lowest BCUT2D eigenvalue weighted by Gasteiger charge is -2.65. The maximum Gasteiger partial charge on any atom is 0.522 e. The number of ketones is 1. The minimum atomic E-state index is -5.16. The van der Waals surface area contributed by atoms with Crippen LogP contribution >= 0.6 is 0 Å². The van der Waals surface area contributed by atoms with Crippen LogP contribution in [0.2, 0.25) is 0 Å². The van der Waals surface area contributed by atoms with Crippen molar-refractivity contribution < 1.29 is 55.1 Å². The van der Waals surface area contributed by atoms with Crippen LogP contribution in [0.15, 0.2) is 0 Å². The maximum absolute atomic E-state index is 13.7.